The lowest BCUT2D eigenvalue weighted by Gasteiger charge is -2.43. The van der Waals surface area contributed by atoms with E-state index in [0.717, 1.165) is 32.4 Å². The van der Waals surface area contributed by atoms with Crippen LogP contribution in [0.15, 0.2) is 0 Å². The van der Waals surface area contributed by atoms with Gasteiger partial charge in [0.2, 0.25) is 5.91 Å². The van der Waals surface area contributed by atoms with Crippen LogP contribution in [0.1, 0.15) is 72.1 Å². The maximum absolute atomic E-state index is 12.8. The topological polar surface area (TPSA) is 81.8 Å². The molecule has 0 aromatic carbocycles. The Kier molecular flexibility index (Phi) is 6.32. The molecule has 0 bridgehead atoms. The van der Waals surface area contributed by atoms with Crippen LogP contribution >= 0.6 is 0 Å². The number of carbonyl (C=O) groups is 3. The summed E-state index contributed by atoms with van der Waals surface area (Å²) in [5, 5.41) is 5.90. The van der Waals surface area contributed by atoms with Crippen molar-refractivity contribution < 1.29 is 14.4 Å². The predicted octanol–water partition coefficient (Wildman–Crippen LogP) is 2.26. The van der Waals surface area contributed by atoms with Crippen LogP contribution in [-0.2, 0) is 9.59 Å². The zero-order valence-corrected chi connectivity index (χ0v) is 17.7. The number of hydrogen-bond donors (Lipinski definition) is 2. The minimum absolute atomic E-state index is 0.0999. The van der Waals surface area contributed by atoms with Gasteiger partial charge in [-0.15, -0.1) is 0 Å². The zero-order valence-electron chi connectivity index (χ0n) is 17.7. The van der Waals surface area contributed by atoms with Gasteiger partial charge in [0.15, 0.2) is 0 Å². The first-order valence-electron chi connectivity index (χ1n) is 10.9. The average molecular weight is 393 g/mol. The molecule has 1 aliphatic carbocycles. The van der Waals surface area contributed by atoms with E-state index >= 15 is 0 Å². The Morgan fingerprint density at radius 1 is 1.21 bits per heavy atom. The van der Waals surface area contributed by atoms with E-state index in [1.165, 1.54) is 17.7 Å². The fraction of sp³-hybridized carbons (Fsp3) is 0.857. The predicted molar refractivity (Wildman–Crippen MR) is 108 cm³/mol. The smallest absolute Gasteiger partial charge is 0.325 e. The third kappa shape index (κ3) is 4.50. The molecule has 3 aliphatic rings. The summed E-state index contributed by atoms with van der Waals surface area (Å²) in [5.41, 5.74) is -0.809. The Labute approximate surface area is 168 Å². The van der Waals surface area contributed by atoms with E-state index in [1.54, 1.807) is 0 Å². The van der Waals surface area contributed by atoms with Crippen molar-refractivity contribution in [1.29, 1.82) is 0 Å². The van der Waals surface area contributed by atoms with E-state index in [2.05, 4.69) is 36.3 Å². The lowest BCUT2D eigenvalue weighted by Crippen LogP contribution is -2.54. The first-order valence-corrected chi connectivity index (χ1v) is 10.9. The zero-order chi connectivity index (χ0) is 20.4. The van der Waals surface area contributed by atoms with Crippen molar-refractivity contribution in [3.8, 4) is 0 Å². The molecule has 0 radical (unpaired) electrons. The molecule has 2 saturated heterocycles. The second kappa shape index (κ2) is 8.39. The molecule has 1 spiro atoms. The Morgan fingerprint density at radius 2 is 1.93 bits per heavy atom. The van der Waals surface area contributed by atoms with Crippen LogP contribution in [0.25, 0.3) is 0 Å². The SMILES string of the molecule is CC1CCCN(C(C)(C)CNC(=O)CCN2C(=O)NC3(CCCCC3)C2=O)C1. The molecule has 2 heterocycles. The Bertz CT molecular complexity index is 613. The van der Waals surface area contributed by atoms with Crippen molar-refractivity contribution >= 4 is 17.8 Å². The lowest BCUT2D eigenvalue weighted by atomic mass is 9.82. The second-order valence-corrected chi connectivity index (χ2v) is 9.56. The van der Waals surface area contributed by atoms with Crippen molar-refractivity contribution in [2.75, 3.05) is 26.2 Å². The molecule has 3 rings (SSSR count). The first-order chi connectivity index (χ1) is 13.2. The van der Waals surface area contributed by atoms with Crippen LogP contribution in [0.4, 0.5) is 4.79 Å². The van der Waals surface area contributed by atoms with Crippen LogP contribution in [-0.4, -0.2) is 64.9 Å². The Hall–Kier alpha value is -1.63. The molecule has 4 amide bonds. The van der Waals surface area contributed by atoms with Gasteiger partial charge in [-0.1, -0.05) is 26.2 Å². The normalized spacial score (nSPS) is 25.8. The second-order valence-electron chi connectivity index (χ2n) is 9.56. The molecule has 1 saturated carbocycles. The molecule has 2 N–H and O–H groups in total. The summed E-state index contributed by atoms with van der Waals surface area (Å²) in [6, 6.07) is -0.345. The molecule has 0 aromatic heterocycles. The number of piperidine rings is 1. The highest BCUT2D eigenvalue weighted by atomic mass is 16.2. The highest BCUT2D eigenvalue weighted by molar-refractivity contribution is 6.07. The van der Waals surface area contributed by atoms with Gasteiger partial charge in [0.1, 0.15) is 5.54 Å². The molecular weight excluding hydrogens is 356 g/mol. The Balaban J connectivity index is 1.46. The molecule has 1 unspecified atom stereocenters. The van der Waals surface area contributed by atoms with Crippen LogP contribution < -0.4 is 10.6 Å². The van der Waals surface area contributed by atoms with Crippen LogP contribution in [0, 0.1) is 5.92 Å². The van der Waals surface area contributed by atoms with Crippen molar-refractivity contribution in [2.45, 2.75) is 83.2 Å². The number of amides is 4. The first kappa shape index (κ1) is 21.1. The average Bonchev–Trinajstić information content (AvgIpc) is 2.88. The van der Waals surface area contributed by atoms with Gasteiger partial charge in [-0.2, -0.15) is 0 Å². The quantitative estimate of drug-likeness (QED) is 0.680. The minimum Gasteiger partial charge on any atom is -0.354 e. The highest BCUT2D eigenvalue weighted by Gasteiger charge is 2.51. The van der Waals surface area contributed by atoms with Crippen molar-refractivity contribution in [3.63, 3.8) is 0 Å². The van der Waals surface area contributed by atoms with Gasteiger partial charge in [-0.3, -0.25) is 19.4 Å². The number of likely N-dealkylation sites (tertiary alicyclic amines) is 1. The number of imide groups is 1. The summed E-state index contributed by atoms with van der Waals surface area (Å²) >= 11 is 0. The molecule has 1 atom stereocenters. The monoisotopic (exact) mass is 392 g/mol. The molecule has 0 aromatic rings. The fourth-order valence-electron chi connectivity index (χ4n) is 4.84. The van der Waals surface area contributed by atoms with Gasteiger partial charge in [0.25, 0.3) is 5.91 Å². The van der Waals surface area contributed by atoms with E-state index in [4.69, 9.17) is 0 Å². The summed E-state index contributed by atoms with van der Waals surface area (Å²) in [4.78, 5) is 41.1. The summed E-state index contributed by atoms with van der Waals surface area (Å²) in [6.45, 7) is 9.45. The van der Waals surface area contributed by atoms with Gasteiger partial charge >= 0.3 is 6.03 Å². The maximum atomic E-state index is 12.8. The van der Waals surface area contributed by atoms with Crippen LogP contribution in [0.2, 0.25) is 0 Å². The van der Waals surface area contributed by atoms with E-state index in [9.17, 15) is 14.4 Å². The number of hydrogen-bond acceptors (Lipinski definition) is 4. The number of nitrogens with one attached hydrogen (secondary N) is 2. The third-order valence-corrected chi connectivity index (χ3v) is 6.75. The van der Waals surface area contributed by atoms with Crippen molar-refractivity contribution in [2.24, 2.45) is 5.92 Å². The van der Waals surface area contributed by atoms with Crippen LogP contribution in [0.3, 0.4) is 0 Å². The maximum Gasteiger partial charge on any atom is 0.325 e. The Morgan fingerprint density at radius 3 is 2.61 bits per heavy atom. The van der Waals surface area contributed by atoms with E-state index in [-0.39, 0.29) is 36.3 Å². The van der Waals surface area contributed by atoms with E-state index < -0.39 is 5.54 Å². The molecule has 7 heteroatoms. The van der Waals surface area contributed by atoms with Crippen molar-refractivity contribution in [3.05, 3.63) is 0 Å². The molecular formula is C21H36N4O3. The van der Waals surface area contributed by atoms with Gasteiger partial charge in [-0.05, 0) is 52.0 Å². The molecule has 7 nitrogen and oxygen atoms in total. The molecule has 2 aliphatic heterocycles. The molecule has 28 heavy (non-hydrogen) atoms. The van der Waals surface area contributed by atoms with Gasteiger partial charge in [-0.25, -0.2) is 4.79 Å². The number of rotatable bonds is 6. The molecule has 158 valence electrons. The number of nitrogens with zero attached hydrogens (tertiary/aromatic N) is 2. The summed E-state index contributed by atoms with van der Waals surface area (Å²) < 4.78 is 0. The third-order valence-electron chi connectivity index (χ3n) is 6.75. The van der Waals surface area contributed by atoms with Crippen molar-refractivity contribution in [1.82, 2.24) is 20.4 Å². The summed E-state index contributed by atoms with van der Waals surface area (Å²) in [7, 11) is 0. The largest absolute Gasteiger partial charge is 0.354 e. The standard InChI is InChI=1S/C21H36N4O3/c1-16-8-7-12-24(14-16)20(2,3)15-22-17(26)9-13-25-18(27)21(23-19(25)28)10-5-4-6-11-21/h16H,4-15H2,1-3H3,(H,22,26)(H,23,28). The van der Waals surface area contributed by atoms with Gasteiger partial charge < -0.3 is 10.6 Å². The minimum atomic E-state index is -0.710. The highest BCUT2D eigenvalue weighted by Crippen LogP contribution is 2.33. The van der Waals surface area contributed by atoms with Crippen LogP contribution in [0.5, 0.6) is 0 Å². The summed E-state index contributed by atoms with van der Waals surface area (Å²) in [6.07, 6.45) is 7.08. The lowest BCUT2D eigenvalue weighted by molar-refractivity contribution is -0.132. The fourth-order valence-corrected chi connectivity index (χ4v) is 4.84. The number of carbonyl (C=O) groups excluding carboxylic acids is 3. The van der Waals surface area contributed by atoms with E-state index in [1.807, 2.05) is 0 Å². The summed E-state index contributed by atoms with van der Waals surface area (Å²) in [5.74, 6) is 0.437. The van der Waals surface area contributed by atoms with Gasteiger partial charge in [0.05, 0.1) is 0 Å². The molecule has 3 fully saturated rings. The number of urea groups is 1. The van der Waals surface area contributed by atoms with E-state index in [0.29, 0.717) is 25.3 Å². The van der Waals surface area contributed by atoms with Gasteiger partial charge in [0, 0.05) is 31.6 Å².